The number of thiazole rings is 1. The van der Waals surface area contributed by atoms with Gasteiger partial charge >= 0.3 is 0 Å². The average molecular weight is 388 g/mol. The zero-order valence-electron chi connectivity index (χ0n) is 16.3. The van der Waals surface area contributed by atoms with E-state index < -0.39 is 0 Å². The summed E-state index contributed by atoms with van der Waals surface area (Å²) in [5, 5.41) is 4.41. The maximum atomic E-state index is 13.1. The summed E-state index contributed by atoms with van der Waals surface area (Å²) in [5.41, 5.74) is 6.52. The van der Waals surface area contributed by atoms with Crippen LogP contribution in [0, 0.1) is 27.7 Å². The lowest BCUT2D eigenvalue weighted by molar-refractivity contribution is 0.102. The average Bonchev–Trinajstić information content (AvgIpc) is 2.97. The van der Waals surface area contributed by atoms with E-state index in [1.54, 1.807) is 0 Å². The van der Waals surface area contributed by atoms with Crippen LogP contribution in [0.4, 0.5) is 5.13 Å². The molecule has 140 valence electrons. The Bertz CT molecular complexity index is 1190. The van der Waals surface area contributed by atoms with Crippen LogP contribution in [0.2, 0.25) is 0 Å². The minimum atomic E-state index is -0.168. The topological polar surface area (TPSA) is 54.9 Å². The molecule has 0 radical (unpaired) electrons. The summed E-state index contributed by atoms with van der Waals surface area (Å²) >= 11 is 1.49. The highest BCUT2D eigenvalue weighted by Crippen LogP contribution is 2.29. The lowest BCUT2D eigenvalue weighted by Gasteiger charge is -2.11. The Balaban J connectivity index is 1.83. The molecule has 0 atom stereocenters. The number of benzene rings is 2. The van der Waals surface area contributed by atoms with Crippen LogP contribution in [-0.4, -0.2) is 15.9 Å². The zero-order chi connectivity index (χ0) is 19.8. The number of pyridine rings is 1. The molecule has 0 aliphatic rings. The highest BCUT2D eigenvalue weighted by atomic mass is 32.1. The van der Waals surface area contributed by atoms with Crippen molar-refractivity contribution in [3.63, 3.8) is 0 Å². The minimum Gasteiger partial charge on any atom is -0.298 e. The second-order valence-corrected chi connectivity index (χ2v) is 8.21. The van der Waals surface area contributed by atoms with Crippen LogP contribution >= 0.6 is 11.3 Å². The van der Waals surface area contributed by atoms with Gasteiger partial charge in [-0.05, 0) is 45.4 Å². The van der Waals surface area contributed by atoms with Crippen molar-refractivity contribution in [2.24, 2.45) is 0 Å². The molecule has 4 nitrogen and oxygen atoms in total. The summed E-state index contributed by atoms with van der Waals surface area (Å²) < 4.78 is 0. The largest absolute Gasteiger partial charge is 0.298 e. The van der Waals surface area contributed by atoms with E-state index in [1.165, 1.54) is 16.9 Å². The van der Waals surface area contributed by atoms with E-state index >= 15 is 0 Å². The number of para-hydroxylation sites is 1. The Kier molecular flexibility index (Phi) is 4.69. The van der Waals surface area contributed by atoms with Gasteiger partial charge in [0, 0.05) is 15.8 Å². The van der Waals surface area contributed by atoms with Crippen LogP contribution in [0.1, 0.15) is 32.1 Å². The summed E-state index contributed by atoms with van der Waals surface area (Å²) in [5.74, 6) is -0.168. The molecule has 0 unspecified atom stereocenters. The van der Waals surface area contributed by atoms with Crippen molar-refractivity contribution >= 4 is 33.3 Å². The molecule has 2 heterocycles. The molecule has 28 heavy (non-hydrogen) atoms. The third-order valence-corrected chi connectivity index (χ3v) is 5.86. The number of hydrogen-bond donors (Lipinski definition) is 1. The molecule has 5 heteroatoms. The molecule has 1 N–H and O–H groups in total. The Morgan fingerprint density at radius 2 is 1.75 bits per heavy atom. The van der Waals surface area contributed by atoms with Gasteiger partial charge < -0.3 is 0 Å². The van der Waals surface area contributed by atoms with Gasteiger partial charge in [-0.1, -0.05) is 42.0 Å². The molecular formula is C23H21N3OS. The maximum Gasteiger partial charge on any atom is 0.258 e. The van der Waals surface area contributed by atoms with Gasteiger partial charge in [-0.15, -0.1) is 11.3 Å². The van der Waals surface area contributed by atoms with Crippen LogP contribution in [0.5, 0.6) is 0 Å². The second kappa shape index (κ2) is 7.17. The van der Waals surface area contributed by atoms with Crippen molar-refractivity contribution in [3.8, 4) is 11.3 Å². The second-order valence-electron chi connectivity index (χ2n) is 7.01. The van der Waals surface area contributed by atoms with Crippen molar-refractivity contribution in [1.82, 2.24) is 9.97 Å². The molecule has 0 aliphatic heterocycles. The standard InChI is InChI=1S/C23H21N3OS/c1-13-9-10-17(14(2)11-13)21-12-19(18-7-5-6-8-20(18)25-21)22(27)26-23-24-15(3)16(4)28-23/h5-12H,1-4H3,(H,24,26,27). The summed E-state index contributed by atoms with van der Waals surface area (Å²) in [7, 11) is 0. The summed E-state index contributed by atoms with van der Waals surface area (Å²) in [6.07, 6.45) is 0. The number of nitrogens with zero attached hydrogens (tertiary/aromatic N) is 2. The van der Waals surface area contributed by atoms with Gasteiger partial charge in [0.1, 0.15) is 0 Å². The van der Waals surface area contributed by atoms with E-state index in [2.05, 4.69) is 42.3 Å². The van der Waals surface area contributed by atoms with Gasteiger partial charge in [-0.3, -0.25) is 10.1 Å². The molecule has 1 amide bonds. The van der Waals surface area contributed by atoms with E-state index in [0.29, 0.717) is 10.7 Å². The SMILES string of the molecule is Cc1ccc(-c2cc(C(=O)Nc3nc(C)c(C)s3)c3ccccc3n2)c(C)c1. The Morgan fingerprint density at radius 3 is 2.46 bits per heavy atom. The Morgan fingerprint density at radius 1 is 0.964 bits per heavy atom. The highest BCUT2D eigenvalue weighted by molar-refractivity contribution is 7.15. The van der Waals surface area contributed by atoms with Gasteiger partial charge in [0.25, 0.3) is 5.91 Å². The van der Waals surface area contributed by atoms with Crippen LogP contribution in [0.25, 0.3) is 22.2 Å². The van der Waals surface area contributed by atoms with Crippen LogP contribution in [-0.2, 0) is 0 Å². The van der Waals surface area contributed by atoms with Crippen molar-refractivity contribution < 1.29 is 4.79 Å². The molecular weight excluding hydrogens is 366 g/mol. The van der Waals surface area contributed by atoms with E-state index in [1.807, 2.05) is 44.2 Å². The van der Waals surface area contributed by atoms with Gasteiger partial charge in [0.15, 0.2) is 5.13 Å². The first-order valence-electron chi connectivity index (χ1n) is 9.15. The van der Waals surface area contributed by atoms with Gasteiger partial charge in [-0.2, -0.15) is 0 Å². The summed E-state index contributed by atoms with van der Waals surface area (Å²) in [6, 6.07) is 15.9. The molecule has 4 aromatic rings. The number of aryl methyl sites for hydroxylation is 4. The van der Waals surface area contributed by atoms with Crippen LogP contribution in [0.3, 0.4) is 0 Å². The smallest absolute Gasteiger partial charge is 0.258 e. The minimum absolute atomic E-state index is 0.168. The van der Waals surface area contributed by atoms with Crippen LogP contribution < -0.4 is 5.32 Å². The number of rotatable bonds is 3. The fraction of sp³-hybridized carbons (Fsp3) is 0.174. The molecule has 2 aromatic heterocycles. The fourth-order valence-electron chi connectivity index (χ4n) is 3.29. The quantitative estimate of drug-likeness (QED) is 0.480. The number of fused-ring (bicyclic) bond motifs is 1. The molecule has 0 spiro atoms. The first-order chi connectivity index (χ1) is 13.4. The normalized spacial score (nSPS) is 11.0. The lowest BCUT2D eigenvalue weighted by atomic mass is 9.99. The number of carbonyl (C=O) groups excluding carboxylic acids is 1. The molecule has 0 bridgehead atoms. The van der Waals surface area contributed by atoms with Crippen molar-refractivity contribution in [1.29, 1.82) is 0 Å². The third kappa shape index (κ3) is 3.41. The molecule has 0 aliphatic carbocycles. The number of hydrogen-bond acceptors (Lipinski definition) is 4. The summed E-state index contributed by atoms with van der Waals surface area (Å²) in [6.45, 7) is 8.09. The highest BCUT2D eigenvalue weighted by Gasteiger charge is 2.16. The number of nitrogens with one attached hydrogen (secondary N) is 1. The monoisotopic (exact) mass is 387 g/mol. The van der Waals surface area contributed by atoms with Gasteiger partial charge in [0.2, 0.25) is 0 Å². The van der Waals surface area contributed by atoms with Gasteiger partial charge in [0.05, 0.1) is 22.5 Å². The Labute approximate surface area is 168 Å². The van der Waals surface area contributed by atoms with E-state index in [-0.39, 0.29) is 5.91 Å². The number of aromatic nitrogens is 2. The van der Waals surface area contributed by atoms with E-state index in [4.69, 9.17) is 4.98 Å². The first kappa shape index (κ1) is 18.3. The zero-order valence-corrected chi connectivity index (χ0v) is 17.1. The van der Waals surface area contributed by atoms with E-state index in [0.717, 1.165) is 38.3 Å². The third-order valence-electron chi connectivity index (χ3n) is 4.87. The number of carbonyl (C=O) groups is 1. The number of amides is 1. The molecule has 0 saturated heterocycles. The number of anilines is 1. The first-order valence-corrected chi connectivity index (χ1v) is 9.97. The predicted octanol–water partition coefficient (Wildman–Crippen LogP) is 5.84. The predicted molar refractivity (Wildman–Crippen MR) is 116 cm³/mol. The molecule has 4 rings (SSSR count). The summed E-state index contributed by atoms with van der Waals surface area (Å²) in [4.78, 5) is 23.4. The van der Waals surface area contributed by atoms with E-state index in [9.17, 15) is 4.79 Å². The molecule has 0 fully saturated rings. The van der Waals surface area contributed by atoms with Gasteiger partial charge in [-0.25, -0.2) is 9.97 Å². The van der Waals surface area contributed by atoms with Crippen molar-refractivity contribution in [2.45, 2.75) is 27.7 Å². The van der Waals surface area contributed by atoms with Crippen molar-refractivity contribution in [3.05, 3.63) is 75.8 Å². The lowest BCUT2D eigenvalue weighted by Crippen LogP contribution is -2.13. The fourth-order valence-corrected chi connectivity index (χ4v) is 4.10. The Hall–Kier alpha value is -3.05. The molecule has 2 aromatic carbocycles. The maximum absolute atomic E-state index is 13.1. The van der Waals surface area contributed by atoms with Crippen molar-refractivity contribution in [2.75, 3.05) is 5.32 Å². The molecule has 0 saturated carbocycles. The van der Waals surface area contributed by atoms with Crippen LogP contribution in [0.15, 0.2) is 48.5 Å².